The minimum absolute atomic E-state index is 0.262. The molecule has 1 fully saturated rings. The molecule has 2 nitrogen and oxygen atoms in total. The van der Waals surface area contributed by atoms with Gasteiger partial charge in [0.25, 0.3) is 0 Å². The summed E-state index contributed by atoms with van der Waals surface area (Å²) in [6.07, 6.45) is 6.96. The molecule has 0 spiro atoms. The molecule has 3 heteroatoms. The van der Waals surface area contributed by atoms with Crippen molar-refractivity contribution in [2.24, 2.45) is 5.92 Å². The van der Waals surface area contributed by atoms with Crippen LogP contribution in [0.15, 0.2) is 0 Å². The zero-order valence-electron chi connectivity index (χ0n) is 8.02. The van der Waals surface area contributed by atoms with Gasteiger partial charge in [-0.1, -0.05) is 29.0 Å². The first-order chi connectivity index (χ1) is 6.33. The molecule has 0 aliphatic heterocycles. The van der Waals surface area contributed by atoms with E-state index in [0.29, 0.717) is 5.92 Å². The molecule has 0 bridgehead atoms. The SMILES string of the molecule is O=C(CC1CCC1)NCCCCI. The van der Waals surface area contributed by atoms with E-state index in [2.05, 4.69) is 27.9 Å². The lowest BCUT2D eigenvalue weighted by molar-refractivity contribution is -0.122. The van der Waals surface area contributed by atoms with Crippen LogP contribution >= 0.6 is 22.6 Å². The van der Waals surface area contributed by atoms with Gasteiger partial charge in [-0.15, -0.1) is 0 Å². The van der Waals surface area contributed by atoms with Crippen LogP contribution in [-0.4, -0.2) is 16.9 Å². The van der Waals surface area contributed by atoms with E-state index in [1.807, 2.05) is 0 Å². The third-order valence-corrected chi connectivity index (χ3v) is 3.34. The highest BCUT2D eigenvalue weighted by molar-refractivity contribution is 14.1. The topological polar surface area (TPSA) is 29.1 Å². The van der Waals surface area contributed by atoms with Gasteiger partial charge in [-0.25, -0.2) is 0 Å². The Morgan fingerprint density at radius 3 is 2.69 bits per heavy atom. The van der Waals surface area contributed by atoms with Crippen LogP contribution in [0.1, 0.15) is 38.5 Å². The van der Waals surface area contributed by atoms with Crippen molar-refractivity contribution in [3.63, 3.8) is 0 Å². The van der Waals surface area contributed by atoms with Crippen molar-refractivity contribution in [2.45, 2.75) is 38.5 Å². The van der Waals surface area contributed by atoms with Crippen LogP contribution in [0.25, 0.3) is 0 Å². The monoisotopic (exact) mass is 295 g/mol. The Morgan fingerprint density at radius 1 is 1.38 bits per heavy atom. The maximum absolute atomic E-state index is 11.3. The highest BCUT2D eigenvalue weighted by Gasteiger charge is 2.19. The first kappa shape index (κ1) is 11.3. The summed E-state index contributed by atoms with van der Waals surface area (Å²) in [7, 11) is 0. The molecular formula is C10H18INO. The molecule has 1 aliphatic carbocycles. The zero-order chi connectivity index (χ0) is 9.52. The first-order valence-electron chi connectivity index (χ1n) is 5.15. The number of unbranched alkanes of at least 4 members (excludes halogenated alkanes) is 1. The van der Waals surface area contributed by atoms with E-state index >= 15 is 0 Å². The van der Waals surface area contributed by atoms with Crippen molar-refractivity contribution in [1.29, 1.82) is 0 Å². The first-order valence-corrected chi connectivity index (χ1v) is 6.68. The number of halogens is 1. The Bertz CT molecular complexity index is 157. The van der Waals surface area contributed by atoms with E-state index in [4.69, 9.17) is 0 Å². The zero-order valence-corrected chi connectivity index (χ0v) is 10.2. The van der Waals surface area contributed by atoms with Crippen molar-refractivity contribution in [2.75, 3.05) is 11.0 Å². The predicted molar refractivity (Wildman–Crippen MR) is 63.1 cm³/mol. The van der Waals surface area contributed by atoms with Crippen molar-refractivity contribution < 1.29 is 4.79 Å². The van der Waals surface area contributed by atoms with E-state index in [1.54, 1.807) is 0 Å². The van der Waals surface area contributed by atoms with Crippen molar-refractivity contribution in [3.05, 3.63) is 0 Å². The summed E-state index contributed by atoms with van der Waals surface area (Å²) >= 11 is 2.37. The third kappa shape index (κ3) is 4.84. The summed E-state index contributed by atoms with van der Waals surface area (Å²) in [5, 5.41) is 2.97. The molecule has 1 aliphatic rings. The number of hydrogen-bond acceptors (Lipinski definition) is 1. The minimum atomic E-state index is 0.262. The van der Waals surface area contributed by atoms with E-state index < -0.39 is 0 Å². The lowest BCUT2D eigenvalue weighted by Gasteiger charge is -2.24. The maximum Gasteiger partial charge on any atom is 0.220 e. The minimum Gasteiger partial charge on any atom is -0.356 e. The second-order valence-electron chi connectivity index (χ2n) is 3.75. The van der Waals surface area contributed by atoms with Crippen LogP contribution in [0, 0.1) is 5.92 Å². The molecule has 0 saturated heterocycles. The van der Waals surface area contributed by atoms with Crippen LogP contribution in [0.4, 0.5) is 0 Å². The standard InChI is InChI=1S/C10H18INO/c11-6-1-2-7-12-10(13)8-9-4-3-5-9/h9H,1-8H2,(H,12,13). The van der Waals surface area contributed by atoms with Gasteiger partial charge in [0.15, 0.2) is 0 Å². The Kier molecular flexibility index (Phi) is 5.75. The Balaban J connectivity index is 1.91. The average Bonchev–Trinajstić information content (AvgIpc) is 2.06. The summed E-state index contributed by atoms with van der Waals surface area (Å²) in [6, 6.07) is 0. The lowest BCUT2D eigenvalue weighted by atomic mass is 9.83. The van der Waals surface area contributed by atoms with Crippen LogP contribution in [0.5, 0.6) is 0 Å². The van der Waals surface area contributed by atoms with Gasteiger partial charge >= 0.3 is 0 Å². The van der Waals surface area contributed by atoms with Crippen molar-refractivity contribution in [1.82, 2.24) is 5.32 Å². The van der Waals surface area contributed by atoms with Crippen molar-refractivity contribution in [3.8, 4) is 0 Å². The lowest BCUT2D eigenvalue weighted by Crippen LogP contribution is -2.28. The van der Waals surface area contributed by atoms with Gasteiger partial charge in [0.1, 0.15) is 0 Å². The quantitative estimate of drug-likeness (QED) is 0.455. The molecule has 0 unspecified atom stereocenters. The fourth-order valence-electron chi connectivity index (χ4n) is 1.48. The molecule has 1 N–H and O–H groups in total. The Morgan fingerprint density at radius 2 is 2.15 bits per heavy atom. The summed E-state index contributed by atoms with van der Waals surface area (Å²) in [4.78, 5) is 11.3. The smallest absolute Gasteiger partial charge is 0.220 e. The summed E-state index contributed by atoms with van der Waals surface area (Å²) < 4.78 is 1.19. The van der Waals surface area contributed by atoms with Gasteiger partial charge in [0, 0.05) is 13.0 Å². The predicted octanol–water partition coefficient (Wildman–Crippen LogP) is 2.51. The molecule has 0 aromatic heterocycles. The maximum atomic E-state index is 11.3. The van der Waals surface area contributed by atoms with Crippen LogP contribution < -0.4 is 5.32 Å². The number of amides is 1. The molecule has 1 amide bonds. The third-order valence-electron chi connectivity index (χ3n) is 2.58. The van der Waals surface area contributed by atoms with E-state index in [9.17, 15) is 4.79 Å². The fourth-order valence-corrected chi connectivity index (χ4v) is 2.02. The van der Waals surface area contributed by atoms with Crippen LogP contribution in [-0.2, 0) is 4.79 Å². The molecule has 76 valence electrons. The molecule has 0 radical (unpaired) electrons. The molecule has 0 aromatic carbocycles. The van der Waals surface area contributed by atoms with E-state index in [-0.39, 0.29) is 5.91 Å². The Labute approximate surface area is 94.0 Å². The number of alkyl halides is 1. The molecule has 0 heterocycles. The average molecular weight is 295 g/mol. The van der Waals surface area contributed by atoms with Gasteiger partial charge in [-0.3, -0.25) is 4.79 Å². The summed E-state index contributed by atoms with van der Waals surface area (Å²) in [5.41, 5.74) is 0. The van der Waals surface area contributed by atoms with E-state index in [1.165, 1.54) is 30.1 Å². The molecule has 0 aromatic rings. The van der Waals surface area contributed by atoms with Gasteiger partial charge in [0.05, 0.1) is 0 Å². The number of carbonyl (C=O) groups is 1. The largest absolute Gasteiger partial charge is 0.356 e. The molecular weight excluding hydrogens is 277 g/mol. The molecule has 1 saturated carbocycles. The van der Waals surface area contributed by atoms with Gasteiger partial charge < -0.3 is 5.32 Å². The highest BCUT2D eigenvalue weighted by atomic mass is 127. The summed E-state index contributed by atoms with van der Waals surface area (Å²) in [5.74, 6) is 0.961. The molecule has 0 atom stereocenters. The van der Waals surface area contributed by atoms with Crippen molar-refractivity contribution >= 4 is 28.5 Å². The number of hydrogen-bond donors (Lipinski definition) is 1. The van der Waals surface area contributed by atoms with Crippen LogP contribution in [0.2, 0.25) is 0 Å². The number of nitrogens with one attached hydrogen (secondary N) is 1. The molecule has 13 heavy (non-hydrogen) atoms. The molecule has 1 rings (SSSR count). The summed E-state index contributed by atoms with van der Waals surface area (Å²) in [6.45, 7) is 0.870. The van der Waals surface area contributed by atoms with Crippen LogP contribution in [0.3, 0.4) is 0 Å². The van der Waals surface area contributed by atoms with Gasteiger partial charge in [0.2, 0.25) is 5.91 Å². The normalized spacial score (nSPS) is 16.7. The fraction of sp³-hybridized carbons (Fsp3) is 0.900. The number of carbonyl (C=O) groups excluding carboxylic acids is 1. The van der Waals surface area contributed by atoms with Gasteiger partial charge in [-0.05, 0) is 36.0 Å². The van der Waals surface area contributed by atoms with Gasteiger partial charge in [-0.2, -0.15) is 0 Å². The van der Waals surface area contributed by atoms with E-state index in [0.717, 1.165) is 19.4 Å². The highest BCUT2D eigenvalue weighted by Crippen LogP contribution is 2.28. The number of rotatable bonds is 6. The second-order valence-corrected chi connectivity index (χ2v) is 4.83. The second kappa shape index (κ2) is 6.62. The Hall–Kier alpha value is 0.200.